The van der Waals surface area contributed by atoms with Crippen LogP contribution in [0.3, 0.4) is 0 Å². The van der Waals surface area contributed by atoms with Gasteiger partial charge in [0.15, 0.2) is 0 Å². The van der Waals surface area contributed by atoms with Crippen molar-refractivity contribution in [2.75, 3.05) is 11.1 Å². The van der Waals surface area contributed by atoms with Gasteiger partial charge >= 0.3 is 0 Å². The van der Waals surface area contributed by atoms with Gasteiger partial charge in [-0.25, -0.2) is 0 Å². The number of hydrogen-bond donors (Lipinski definition) is 1. The lowest BCUT2D eigenvalue weighted by atomic mass is 10.1. The van der Waals surface area contributed by atoms with Gasteiger partial charge in [0.1, 0.15) is 0 Å². The first-order valence-corrected chi connectivity index (χ1v) is 8.28. The molecular weight excluding hydrogens is 325 g/mol. The Morgan fingerprint density at radius 3 is 2.29 bits per heavy atom. The van der Waals surface area contributed by atoms with E-state index in [0.29, 0.717) is 22.2 Å². The van der Waals surface area contributed by atoms with Crippen molar-refractivity contribution in [1.82, 2.24) is 0 Å². The molecule has 2 aromatic carbocycles. The lowest BCUT2D eigenvalue weighted by Gasteiger charge is -2.07. The van der Waals surface area contributed by atoms with Crippen LogP contribution in [0.5, 0.6) is 0 Å². The number of anilines is 1. The molecule has 5 heteroatoms. The van der Waals surface area contributed by atoms with Crippen LogP contribution in [0.2, 0.25) is 10.0 Å². The van der Waals surface area contributed by atoms with Crippen molar-refractivity contribution in [2.24, 2.45) is 0 Å². The summed E-state index contributed by atoms with van der Waals surface area (Å²) in [7, 11) is 0. The van der Waals surface area contributed by atoms with Crippen LogP contribution in [0.4, 0.5) is 5.69 Å². The van der Waals surface area contributed by atoms with Crippen molar-refractivity contribution in [3.63, 3.8) is 0 Å². The van der Waals surface area contributed by atoms with Crippen molar-refractivity contribution in [2.45, 2.75) is 18.2 Å². The van der Waals surface area contributed by atoms with E-state index in [1.165, 1.54) is 4.90 Å². The number of amides is 1. The zero-order valence-corrected chi connectivity index (χ0v) is 13.9. The summed E-state index contributed by atoms with van der Waals surface area (Å²) in [6.45, 7) is 2.11. The van der Waals surface area contributed by atoms with E-state index in [4.69, 9.17) is 23.2 Å². The summed E-state index contributed by atoms with van der Waals surface area (Å²) in [5.41, 5.74) is 1.58. The predicted molar refractivity (Wildman–Crippen MR) is 91.6 cm³/mol. The monoisotopic (exact) mass is 339 g/mol. The van der Waals surface area contributed by atoms with E-state index in [2.05, 4.69) is 12.2 Å². The summed E-state index contributed by atoms with van der Waals surface area (Å²) in [5.74, 6) is 0.944. The zero-order chi connectivity index (χ0) is 15.2. The van der Waals surface area contributed by atoms with Crippen molar-refractivity contribution < 1.29 is 4.79 Å². The molecule has 0 aliphatic rings. The van der Waals surface area contributed by atoms with Crippen LogP contribution in [0.1, 0.15) is 12.5 Å². The van der Waals surface area contributed by atoms with Crippen LogP contribution in [0, 0.1) is 0 Å². The highest BCUT2D eigenvalue weighted by molar-refractivity contribution is 7.99. The second-order valence-corrected chi connectivity index (χ2v) is 6.67. The van der Waals surface area contributed by atoms with Crippen LogP contribution in [0.15, 0.2) is 47.4 Å². The van der Waals surface area contributed by atoms with Crippen molar-refractivity contribution in [1.29, 1.82) is 0 Å². The van der Waals surface area contributed by atoms with E-state index < -0.39 is 0 Å². The van der Waals surface area contributed by atoms with Crippen molar-refractivity contribution >= 4 is 46.6 Å². The van der Waals surface area contributed by atoms with E-state index in [1.807, 2.05) is 24.3 Å². The number of rotatable bonds is 5. The van der Waals surface area contributed by atoms with Crippen LogP contribution in [-0.4, -0.2) is 11.7 Å². The largest absolute Gasteiger partial charge is 0.326 e. The molecule has 0 bridgehead atoms. The Morgan fingerprint density at radius 2 is 1.71 bits per heavy atom. The molecule has 0 unspecified atom stereocenters. The first-order chi connectivity index (χ1) is 10.1. The van der Waals surface area contributed by atoms with Crippen molar-refractivity contribution in [3.05, 3.63) is 58.1 Å². The number of thioether (sulfide) groups is 1. The maximum Gasteiger partial charge on any atom is 0.228 e. The fraction of sp³-hybridized carbons (Fsp3) is 0.188. The SMILES string of the molecule is CCSc1ccc(CC(=O)Nc2cc(Cl)cc(Cl)c2)cc1. The minimum Gasteiger partial charge on any atom is -0.326 e. The fourth-order valence-electron chi connectivity index (χ4n) is 1.89. The molecular formula is C16H15Cl2NOS. The van der Waals surface area contributed by atoms with E-state index in [0.717, 1.165) is 11.3 Å². The summed E-state index contributed by atoms with van der Waals surface area (Å²) in [6.07, 6.45) is 0.321. The lowest BCUT2D eigenvalue weighted by Crippen LogP contribution is -2.14. The quantitative estimate of drug-likeness (QED) is 0.750. The first-order valence-electron chi connectivity index (χ1n) is 6.54. The Labute approximate surface area is 138 Å². The highest BCUT2D eigenvalue weighted by atomic mass is 35.5. The fourth-order valence-corrected chi connectivity index (χ4v) is 3.07. The molecule has 0 fully saturated rings. The molecule has 2 nitrogen and oxygen atoms in total. The summed E-state index contributed by atoms with van der Waals surface area (Å²) < 4.78 is 0. The molecule has 0 saturated carbocycles. The average Bonchev–Trinajstić information content (AvgIpc) is 2.40. The number of halogens is 2. The van der Waals surface area contributed by atoms with E-state index >= 15 is 0 Å². The first kappa shape index (κ1) is 16.2. The molecule has 0 atom stereocenters. The molecule has 2 rings (SSSR count). The average molecular weight is 340 g/mol. The van der Waals surface area contributed by atoms with E-state index in [9.17, 15) is 4.79 Å². The summed E-state index contributed by atoms with van der Waals surface area (Å²) in [6, 6.07) is 13.0. The van der Waals surface area contributed by atoms with Gasteiger partial charge in [-0.3, -0.25) is 4.79 Å². The molecule has 0 aromatic heterocycles. The summed E-state index contributed by atoms with van der Waals surface area (Å²) in [4.78, 5) is 13.2. The second-order valence-electron chi connectivity index (χ2n) is 4.46. The van der Waals surface area contributed by atoms with Gasteiger partial charge in [-0.1, -0.05) is 42.3 Å². The van der Waals surface area contributed by atoms with Gasteiger partial charge in [-0.15, -0.1) is 11.8 Å². The van der Waals surface area contributed by atoms with Gasteiger partial charge in [0.25, 0.3) is 0 Å². The maximum absolute atomic E-state index is 12.0. The van der Waals surface area contributed by atoms with Crippen LogP contribution in [-0.2, 0) is 11.2 Å². The van der Waals surface area contributed by atoms with Crippen molar-refractivity contribution in [3.8, 4) is 0 Å². The molecule has 0 spiro atoms. The molecule has 21 heavy (non-hydrogen) atoms. The number of carbonyl (C=O) groups excluding carboxylic acids is 1. The number of hydrogen-bond acceptors (Lipinski definition) is 2. The molecule has 1 N–H and O–H groups in total. The maximum atomic E-state index is 12.0. The normalized spacial score (nSPS) is 10.4. The smallest absolute Gasteiger partial charge is 0.228 e. The summed E-state index contributed by atoms with van der Waals surface area (Å²) >= 11 is 13.6. The Hall–Kier alpha value is -1.16. The topological polar surface area (TPSA) is 29.1 Å². The molecule has 0 heterocycles. The van der Waals surface area contributed by atoms with Gasteiger partial charge in [0.05, 0.1) is 6.42 Å². The van der Waals surface area contributed by atoms with Gasteiger partial charge in [0, 0.05) is 20.6 Å². The third kappa shape index (κ3) is 5.27. The lowest BCUT2D eigenvalue weighted by molar-refractivity contribution is -0.115. The van der Waals surface area contributed by atoms with Gasteiger partial charge in [0.2, 0.25) is 5.91 Å². The Morgan fingerprint density at radius 1 is 1.10 bits per heavy atom. The predicted octanol–water partition coefficient (Wildman–Crippen LogP) is 5.29. The molecule has 1 amide bonds. The van der Waals surface area contributed by atoms with Gasteiger partial charge < -0.3 is 5.32 Å². The highest BCUT2D eigenvalue weighted by Gasteiger charge is 2.06. The summed E-state index contributed by atoms with van der Waals surface area (Å²) in [5, 5.41) is 3.80. The van der Waals surface area contributed by atoms with E-state index in [-0.39, 0.29) is 5.91 Å². The molecule has 0 aliphatic carbocycles. The third-order valence-corrected chi connectivity index (χ3v) is 4.08. The number of carbonyl (C=O) groups is 1. The minimum absolute atomic E-state index is 0.0933. The molecule has 2 aromatic rings. The van der Waals surface area contributed by atoms with Gasteiger partial charge in [-0.2, -0.15) is 0 Å². The third-order valence-electron chi connectivity index (χ3n) is 2.75. The van der Waals surface area contributed by atoms with Crippen LogP contribution in [0.25, 0.3) is 0 Å². The molecule has 0 saturated heterocycles. The molecule has 0 aliphatic heterocycles. The van der Waals surface area contributed by atoms with Crippen LogP contribution < -0.4 is 5.32 Å². The molecule has 0 radical (unpaired) electrons. The van der Waals surface area contributed by atoms with Crippen LogP contribution >= 0.6 is 35.0 Å². The van der Waals surface area contributed by atoms with Gasteiger partial charge in [-0.05, 0) is 41.6 Å². The Kier molecular flexibility index (Phi) is 5.97. The van der Waals surface area contributed by atoms with E-state index in [1.54, 1.807) is 30.0 Å². The highest BCUT2D eigenvalue weighted by Crippen LogP contribution is 2.23. The minimum atomic E-state index is -0.0933. The standard InChI is InChI=1S/C16H15Cl2NOS/c1-2-21-15-5-3-11(4-6-15)7-16(20)19-14-9-12(17)8-13(18)10-14/h3-6,8-10H,2,7H2,1H3,(H,19,20). The number of benzene rings is 2. The molecule has 110 valence electrons. The zero-order valence-electron chi connectivity index (χ0n) is 11.5. The Balaban J connectivity index is 1.97. The number of nitrogens with one attached hydrogen (secondary N) is 1. The Bertz CT molecular complexity index is 608. The second kappa shape index (κ2) is 7.74.